The van der Waals surface area contributed by atoms with Crippen molar-refractivity contribution < 1.29 is 4.79 Å². The van der Waals surface area contributed by atoms with E-state index in [-0.39, 0.29) is 5.91 Å². The highest BCUT2D eigenvalue weighted by Gasteiger charge is 2.23. The molecule has 0 saturated heterocycles. The maximum atomic E-state index is 11.9. The molecule has 6 nitrogen and oxygen atoms in total. The highest BCUT2D eigenvalue weighted by Crippen LogP contribution is 2.21. The second-order valence-corrected chi connectivity index (χ2v) is 6.66. The summed E-state index contributed by atoms with van der Waals surface area (Å²) in [6.07, 6.45) is 1.53. The first-order valence-electron chi connectivity index (χ1n) is 5.72. The van der Waals surface area contributed by atoms with Gasteiger partial charge in [-0.05, 0) is 55.0 Å². The minimum absolute atomic E-state index is 0.0953. The maximum absolute atomic E-state index is 11.9. The van der Waals surface area contributed by atoms with E-state index in [2.05, 4.69) is 36.8 Å². The largest absolute Gasteiger partial charge is 0.325 e. The number of amides is 1. The molecule has 0 fully saturated rings. The van der Waals surface area contributed by atoms with Gasteiger partial charge in [0.2, 0.25) is 5.91 Å². The van der Waals surface area contributed by atoms with E-state index in [1.165, 1.54) is 6.33 Å². The third-order valence-electron chi connectivity index (χ3n) is 2.59. The van der Waals surface area contributed by atoms with Crippen molar-refractivity contribution in [2.75, 3.05) is 5.32 Å². The quantitative estimate of drug-likeness (QED) is 0.878. The normalized spacial score (nSPS) is 11.4. The van der Waals surface area contributed by atoms with E-state index >= 15 is 0 Å². The number of benzene rings is 1. The first kappa shape index (κ1) is 13.7. The van der Waals surface area contributed by atoms with Gasteiger partial charge < -0.3 is 5.32 Å². The molecule has 0 bridgehead atoms. The molecule has 7 heteroatoms. The van der Waals surface area contributed by atoms with Crippen molar-refractivity contribution in [2.24, 2.45) is 0 Å². The molecule has 1 aromatic carbocycles. The van der Waals surface area contributed by atoms with Gasteiger partial charge in [-0.25, -0.2) is 4.68 Å². The summed E-state index contributed by atoms with van der Waals surface area (Å²) in [4.78, 5) is 11.9. The average molecular weight is 324 g/mol. The van der Waals surface area contributed by atoms with Crippen molar-refractivity contribution >= 4 is 27.5 Å². The van der Waals surface area contributed by atoms with Crippen LogP contribution in [0.15, 0.2) is 24.5 Å². The van der Waals surface area contributed by atoms with Gasteiger partial charge in [-0.1, -0.05) is 15.9 Å². The third-order valence-corrected chi connectivity index (χ3v) is 2.95. The Balaban J connectivity index is 2.23. The van der Waals surface area contributed by atoms with Crippen LogP contribution in [-0.2, 0) is 4.79 Å². The fraction of sp³-hybridized carbons (Fsp3) is 0.333. The Morgan fingerprint density at radius 1 is 1.42 bits per heavy atom. The summed E-state index contributed by atoms with van der Waals surface area (Å²) in [5, 5.41) is 13.9. The molecule has 1 amide bonds. The molecule has 1 heterocycles. The molecular formula is C12H14BrN5O. The summed E-state index contributed by atoms with van der Waals surface area (Å²) in [6.45, 7) is 5.53. The Hall–Kier alpha value is -1.76. The molecular weight excluding hydrogens is 310 g/mol. The van der Waals surface area contributed by atoms with Gasteiger partial charge in [-0.3, -0.25) is 4.79 Å². The van der Waals surface area contributed by atoms with Crippen LogP contribution in [0, 0.1) is 6.92 Å². The third kappa shape index (κ3) is 3.17. The van der Waals surface area contributed by atoms with Crippen LogP contribution in [0.5, 0.6) is 0 Å². The lowest BCUT2D eigenvalue weighted by atomic mass is 10.1. The number of tetrazole rings is 1. The predicted octanol–water partition coefficient (Wildman–Crippen LogP) is 2.08. The number of carbonyl (C=O) groups is 1. The number of halogens is 1. The number of aromatic nitrogens is 4. The SMILES string of the molecule is Cc1cc(NC(=O)C(C)(C)Br)ccc1-n1cnnn1. The fourth-order valence-electron chi connectivity index (χ4n) is 1.54. The van der Waals surface area contributed by atoms with Gasteiger partial charge >= 0.3 is 0 Å². The smallest absolute Gasteiger partial charge is 0.240 e. The molecule has 0 unspecified atom stereocenters. The number of hydrogen-bond donors (Lipinski definition) is 1. The minimum Gasteiger partial charge on any atom is -0.325 e. The summed E-state index contributed by atoms with van der Waals surface area (Å²) in [7, 11) is 0. The lowest BCUT2D eigenvalue weighted by Gasteiger charge is -2.16. The lowest BCUT2D eigenvalue weighted by molar-refractivity contribution is -0.117. The average Bonchev–Trinajstić information content (AvgIpc) is 2.81. The highest BCUT2D eigenvalue weighted by molar-refractivity contribution is 9.10. The summed E-state index contributed by atoms with van der Waals surface area (Å²) < 4.78 is 0.977. The van der Waals surface area contributed by atoms with Crippen molar-refractivity contribution in [3.63, 3.8) is 0 Å². The Morgan fingerprint density at radius 2 is 2.16 bits per heavy atom. The van der Waals surface area contributed by atoms with E-state index in [1.54, 1.807) is 18.5 Å². The number of nitrogens with zero attached hydrogens (tertiary/aromatic N) is 4. The summed E-state index contributed by atoms with van der Waals surface area (Å²) in [6, 6.07) is 5.57. The van der Waals surface area contributed by atoms with Crippen LogP contribution < -0.4 is 5.32 Å². The topological polar surface area (TPSA) is 72.7 Å². The van der Waals surface area contributed by atoms with Gasteiger partial charge in [-0.15, -0.1) is 5.10 Å². The fourth-order valence-corrected chi connectivity index (χ4v) is 1.64. The van der Waals surface area contributed by atoms with Gasteiger partial charge in [0.15, 0.2) is 0 Å². The van der Waals surface area contributed by atoms with Crippen LogP contribution in [-0.4, -0.2) is 30.4 Å². The standard InChI is InChI=1S/C12H14BrN5O/c1-8-6-9(15-11(19)12(2,3)13)4-5-10(8)18-7-14-16-17-18/h4-7H,1-3H3,(H,15,19). The minimum atomic E-state index is -0.602. The molecule has 2 aromatic rings. The molecule has 2 rings (SSSR count). The Labute approximate surface area is 119 Å². The monoisotopic (exact) mass is 323 g/mol. The predicted molar refractivity (Wildman–Crippen MR) is 75.5 cm³/mol. The molecule has 100 valence electrons. The van der Waals surface area contributed by atoms with Crippen LogP contribution in [0.4, 0.5) is 5.69 Å². The van der Waals surface area contributed by atoms with E-state index in [1.807, 2.05) is 25.1 Å². The van der Waals surface area contributed by atoms with E-state index in [0.717, 1.165) is 16.9 Å². The number of rotatable bonds is 3. The zero-order valence-electron chi connectivity index (χ0n) is 10.9. The summed E-state index contributed by atoms with van der Waals surface area (Å²) >= 11 is 3.32. The van der Waals surface area contributed by atoms with Gasteiger partial charge in [0.25, 0.3) is 0 Å². The van der Waals surface area contributed by atoms with Crippen LogP contribution in [0.3, 0.4) is 0 Å². The van der Waals surface area contributed by atoms with Crippen molar-refractivity contribution in [3.8, 4) is 5.69 Å². The van der Waals surface area contributed by atoms with Crippen molar-refractivity contribution in [1.29, 1.82) is 0 Å². The summed E-state index contributed by atoms with van der Waals surface area (Å²) in [5.41, 5.74) is 2.59. The molecule has 0 spiro atoms. The van der Waals surface area contributed by atoms with Crippen molar-refractivity contribution in [1.82, 2.24) is 20.2 Å². The maximum Gasteiger partial charge on any atom is 0.240 e. The van der Waals surface area contributed by atoms with Gasteiger partial charge in [-0.2, -0.15) is 0 Å². The van der Waals surface area contributed by atoms with Crippen LogP contribution in [0.2, 0.25) is 0 Å². The number of nitrogens with one attached hydrogen (secondary N) is 1. The molecule has 19 heavy (non-hydrogen) atoms. The Morgan fingerprint density at radius 3 is 2.68 bits per heavy atom. The second kappa shape index (κ2) is 5.08. The van der Waals surface area contributed by atoms with E-state index in [4.69, 9.17) is 0 Å². The summed E-state index contributed by atoms with van der Waals surface area (Å²) in [5.74, 6) is -0.0953. The zero-order chi connectivity index (χ0) is 14.0. The lowest BCUT2D eigenvalue weighted by Crippen LogP contribution is -2.30. The second-order valence-electron chi connectivity index (χ2n) is 4.68. The molecule has 0 aliphatic carbocycles. The molecule has 1 N–H and O–H groups in total. The Kier molecular flexibility index (Phi) is 3.66. The number of carbonyl (C=O) groups excluding carboxylic acids is 1. The number of hydrogen-bond acceptors (Lipinski definition) is 4. The van der Waals surface area contributed by atoms with E-state index < -0.39 is 4.32 Å². The highest BCUT2D eigenvalue weighted by atomic mass is 79.9. The van der Waals surface area contributed by atoms with Crippen LogP contribution in [0.1, 0.15) is 19.4 Å². The first-order valence-corrected chi connectivity index (χ1v) is 6.51. The number of anilines is 1. The van der Waals surface area contributed by atoms with Crippen molar-refractivity contribution in [2.45, 2.75) is 25.1 Å². The number of aryl methyl sites for hydroxylation is 1. The van der Waals surface area contributed by atoms with Crippen molar-refractivity contribution in [3.05, 3.63) is 30.1 Å². The molecule has 0 aliphatic rings. The Bertz CT molecular complexity index is 589. The molecule has 0 saturated carbocycles. The molecule has 0 radical (unpaired) electrons. The van der Waals surface area contributed by atoms with E-state index in [9.17, 15) is 4.79 Å². The van der Waals surface area contributed by atoms with Crippen LogP contribution in [0.25, 0.3) is 5.69 Å². The first-order chi connectivity index (χ1) is 8.88. The van der Waals surface area contributed by atoms with Crippen LogP contribution >= 0.6 is 15.9 Å². The molecule has 1 aromatic heterocycles. The zero-order valence-corrected chi connectivity index (χ0v) is 12.5. The molecule has 0 atom stereocenters. The van der Waals surface area contributed by atoms with Gasteiger partial charge in [0.05, 0.1) is 10.0 Å². The van der Waals surface area contributed by atoms with Gasteiger partial charge in [0.1, 0.15) is 6.33 Å². The molecule has 0 aliphatic heterocycles. The number of alkyl halides is 1. The van der Waals surface area contributed by atoms with Gasteiger partial charge in [0, 0.05) is 5.69 Å². The van der Waals surface area contributed by atoms with E-state index in [0.29, 0.717) is 0 Å².